The van der Waals surface area contributed by atoms with Crippen molar-refractivity contribution in [3.63, 3.8) is 0 Å². The molecule has 0 aliphatic carbocycles. The van der Waals surface area contributed by atoms with Crippen molar-refractivity contribution in [1.82, 2.24) is 4.57 Å². The standard InChI is InChI=1S/C13H13BrFN3O/c1-2-18-7-8(16)6-11(18)13(19)17-12-9(14)4-3-5-10(12)15/h3-7H,2,16H2,1H3,(H,17,19). The first-order valence-corrected chi connectivity index (χ1v) is 6.53. The van der Waals surface area contributed by atoms with Gasteiger partial charge in [0.25, 0.3) is 5.91 Å². The number of amides is 1. The Labute approximate surface area is 118 Å². The third-order valence-electron chi connectivity index (χ3n) is 2.69. The predicted molar refractivity (Wildman–Crippen MR) is 76.6 cm³/mol. The van der Waals surface area contributed by atoms with E-state index in [0.717, 1.165) is 0 Å². The minimum absolute atomic E-state index is 0.120. The summed E-state index contributed by atoms with van der Waals surface area (Å²) >= 11 is 3.20. The number of nitrogens with one attached hydrogen (secondary N) is 1. The van der Waals surface area contributed by atoms with Crippen molar-refractivity contribution < 1.29 is 9.18 Å². The number of carbonyl (C=O) groups is 1. The van der Waals surface area contributed by atoms with Gasteiger partial charge >= 0.3 is 0 Å². The number of benzene rings is 1. The van der Waals surface area contributed by atoms with Crippen molar-refractivity contribution in [2.24, 2.45) is 0 Å². The number of hydrogen-bond acceptors (Lipinski definition) is 2. The van der Waals surface area contributed by atoms with Gasteiger partial charge in [-0.3, -0.25) is 4.79 Å². The number of para-hydroxylation sites is 1. The molecule has 0 atom stereocenters. The second kappa shape index (κ2) is 5.44. The summed E-state index contributed by atoms with van der Waals surface area (Å²) in [6.45, 7) is 2.51. The Balaban J connectivity index is 2.31. The van der Waals surface area contributed by atoms with Crippen LogP contribution in [0.3, 0.4) is 0 Å². The van der Waals surface area contributed by atoms with Gasteiger partial charge in [0.1, 0.15) is 11.5 Å². The van der Waals surface area contributed by atoms with Crippen molar-refractivity contribution in [2.75, 3.05) is 11.1 Å². The maximum atomic E-state index is 13.6. The summed E-state index contributed by atoms with van der Waals surface area (Å²) in [5.41, 5.74) is 6.68. The average Bonchev–Trinajstić information content (AvgIpc) is 2.75. The highest BCUT2D eigenvalue weighted by molar-refractivity contribution is 9.10. The van der Waals surface area contributed by atoms with Crippen LogP contribution in [0, 0.1) is 5.82 Å². The molecule has 19 heavy (non-hydrogen) atoms. The predicted octanol–water partition coefficient (Wildman–Crippen LogP) is 3.24. The van der Waals surface area contributed by atoms with E-state index in [4.69, 9.17) is 5.73 Å². The van der Waals surface area contributed by atoms with Crippen LogP contribution in [0.25, 0.3) is 0 Å². The molecule has 0 aliphatic heterocycles. The number of hydrogen-bond donors (Lipinski definition) is 2. The Bertz CT molecular complexity index is 604. The Morgan fingerprint density at radius 3 is 2.89 bits per heavy atom. The Morgan fingerprint density at radius 1 is 1.53 bits per heavy atom. The average molecular weight is 326 g/mol. The summed E-state index contributed by atoms with van der Waals surface area (Å²) in [6.07, 6.45) is 1.67. The molecule has 0 bridgehead atoms. The molecule has 0 radical (unpaired) electrons. The highest BCUT2D eigenvalue weighted by atomic mass is 79.9. The van der Waals surface area contributed by atoms with E-state index in [9.17, 15) is 9.18 Å². The second-order valence-electron chi connectivity index (χ2n) is 4.00. The van der Waals surface area contributed by atoms with Crippen molar-refractivity contribution in [1.29, 1.82) is 0 Å². The van der Waals surface area contributed by atoms with Crippen LogP contribution in [-0.2, 0) is 6.54 Å². The third kappa shape index (κ3) is 2.78. The number of halogens is 2. The largest absolute Gasteiger partial charge is 0.397 e. The first kappa shape index (κ1) is 13.6. The maximum Gasteiger partial charge on any atom is 0.272 e. The zero-order valence-electron chi connectivity index (χ0n) is 10.3. The minimum Gasteiger partial charge on any atom is -0.397 e. The number of rotatable bonds is 3. The summed E-state index contributed by atoms with van der Waals surface area (Å²) in [7, 11) is 0. The van der Waals surface area contributed by atoms with Gasteiger partial charge in [0.2, 0.25) is 0 Å². The fraction of sp³-hybridized carbons (Fsp3) is 0.154. The molecule has 0 fully saturated rings. The summed E-state index contributed by atoms with van der Waals surface area (Å²) < 4.78 is 15.8. The third-order valence-corrected chi connectivity index (χ3v) is 3.35. The Hall–Kier alpha value is -1.82. The van der Waals surface area contributed by atoms with E-state index in [0.29, 0.717) is 22.4 Å². The molecular weight excluding hydrogens is 313 g/mol. The molecule has 0 saturated heterocycles. The van der Waals surface area contributed by atoms with Gasteiger partial charge in [-0.05, 0) is 41.1 Å². The van der Waals surface area contributed by atoms with E-state index in [1.807, 2.05) is 6.92 Å². The fourth-order valence-electron chi connectivity index (χ4n) is 1.78. The second-order valence-corrected chi connectivity index (χ2v) is 4.85. The van der Waals surface area contributed by atoms with E-state index in [1.54, 1.807) is 29.0 Å². The molecule has 2 aromatic rings. The molecule has 1 amide bonds. The number of nitrogens with two attached hydrogens (primary N) is 1. The molecule has 100 valence electrons. The highest BCUT2D eigenvalue weighted by Gasteiger charge is 2.15. The number of nitrogens with zero attached hydrogens (tertiary/aromatic N) is 1. The minimum atomic E-state index is -0.495. The summed E-state index contributed by atoms with van der Waals surface area (Å²) in [5.74, 6) is -0.894. The van der Waals surface area contributed by atoms with Gasteiger partial charge in [-0.15, -0.1) is 0 Å². The lowest BCUT2D eigenvalue weighted by Crippen LogP contribution is -2.17. The highest BCUT2D eigenvalue weighted by Crippen LogP contribution is 2.26. The van der Waals surface area contributed by atoms with Crippen LogP contribution in [0.2, 0.25) is 0 Å². The first-order chi connectivity index (χ1) is 9.02. The SMILES string of the molecule is CCn1cc(N)cc1C(=O)Nc1c(F)cccc1Br. The van der Waals surface area contributed by atoms with Crippen LogP contribution >= 0.6 is 15.9 Å². The first-order valence-electron chi connectivity index (χ1n) is 5.74. The lowest BCUT2D eigenvalue weighted by atomic mass is 10.3. The van der Waals surface area contributed by atoms with Gasteiger partial charge in [0.15, 0.2) is 0 Å². The number of carbonyl (C=O) groups excluding carboxylic acids is 1. The molecule has 0 aliphatic rings. The van der Waals surface area contributed by atoms with Gasteiger partial charge in [0.05, 0.1) is 11.4 Å². The number of anilines is 2. The van der Waals surface area contributed by atoms with Gasteiger partial charge in [-0.25, -0.2) is 4.39 Å². The molecule has 1 aromatic heterocycles. The molecule has 3 N–H and O–H groups in total. The van der Waals surface area contributed by atoms with E-state index in [-0.39, 0.29) is 5.69 Å². The van der Waals surface area contributed by atoms with Crippen LogP contribution in [0.1, 0.15) is 17.4 Å². The van der Waals surface area contributed by atoms with Crippen molar-refractivity contribution in [2.45, 2.75) is 13.5 Å². The van der Waals surface area contributed by atoms with Gasteiger partial charge in [0, 0.05) is 17.2 Å². The molecule has 6 heteroatoms. The van der Waals surface area contributed by atoms with Crippen LogP contribution in [0.4, 0.5) is 15.8 Å². The van der Waals surface area contributed by atoms with Crippen LogP contribution in [0.5, 0.6) is 0 Å². The van der Waals surface area contributed by atoms with Gasteiger partial charge in [-0.2, -0.15) is 0 Å². The van der Waals surface area contributed by atoms with Crippen molar-refractivity contribution in [3.05, 3.63) is 46.4 Å². The molecule has 1 aromatic carbocycles. The molecule has 0 spiro atoms. The number of nitrogen functional groups attached to an aromatic ring is 1. The normalized spacial score (nSPS) is 10.5. The van der Waals surface area contributed by atoms with E-state index in [2.05, 4.69) is 21.2 Å². The van der Waals surface area contributed by atoms with E-state index < -0.39 is 11.7 Å². The van der Waals surface area contributed by atoms with Crippen molar-refractivity contribution in [3.8, 4) is 0 Å². The van der Waals surface area contributed by atoms with Crippen LogP contribution in [0.15, 0.2) is 34.9 Å². The Kier molecular flexibility index (Phi) is 3.90. The maximum absolute atomic E-state index is 13.6. The summed E-state index contributed by atoms with van der Waals surface area (Å²) in [6, 6.07) is 6.06. The fourth-order valence-corrected chi connectivity index (χ4v) is 2.22. The molecule has 2 rings (SSSR count). The number of aromatic nitrogens is 1. The Morgan fingerprint density at radius 2 is 2.26 bits per heavy atom. The molecule has 1 heterocycles. The lowest BCUT2D eigenvalue weighted by Gasteiger charge is -2.09. The molecule has 4 nitrogen and oxygen atoms in total. The topological polar surface area (TPSA) is 60.0 Å². The zero-order valence-corrected chi connectivity index (χ0v) is 11.9. The molecular formula is C13H13BrFN3O. The summed E-state index contributed by atoms with van der Waals surface area (Å²) in [4.78, 5) is 12.1. The van der Waals surface area contributed by atoms with Gasteiger partial charge in [-0.1, -0.05) is 6.07 Å². The monoisotopic (exact) mass is 325 g/mol. The quantitative estimate of drug-likeness (QED) is 0.910. The van der Waals surface area contributed by atoms with E-state index in [1.165, 1.54) is 6.07 Å². The smallest absolute Gasteiger partial charge is 0.272 e. The van der Waals surface area contributed by atoms with E-state index >= 15 is 0 Å². The molecule has 0 unspecified atom stereocenters. The number of aryl methyl sites for hydroxylation is 1. The zero-order chi connectivity index (χ0) is 14.0. The van der Waals surface area contributed by atoms with Crippen LogP contribution in [-0.4, -0.2) is 10.5 Å². The van der Waals surface area contributed by atoms with Gasteiger partial charge < -0.3 is 15.6 Å². The van der Waals surface area contributed by atoms with Crippen molar-refractivity contribution >= 4 is 33.2 Å². The van der Waals surface area contributed by atoms with Crippen LogP contribution < -0.4 is 11.1 Å². The lowest BCUT2D eigenvalue weighted by molar-refractivity contribution is 0.101. The summed E-state index contributed by atoms with van der Waals surface area (Å²) in [5, 5.41) is 2.55. The molecule has 0 saturated carbocycles.